The number of carbonyl (C=O) groups is 1. The van der Waals surface area contributed by atoms with Crippen LogP contribution in [0.4, 0.5) is 0 Å². The van der Waals surface area contributed by atoms with Crippen molar-refractivity contribution in [3.63, 3.8) is 0 Å². The molecule has 1 heterocycles. The van der Waals surface area contributed by atoms with Gasteiger partial charge in [-0.1, -0.05) is 53.2 Å². The van der Waals surface area contributed by atoms with Crippen LogP contribution in [0.2, 0.25) is 10.0 Å². The van der Waals surface area contributed by atoms with Gasteiger partial charge in [-0.15, -0.1) is 10.2 Å². The van der Waals surface area contributed by atoms with Crippen molar-refractivity contribution in [1.29, 1.82) is 0 Å². The van der Waals surface area contributed by atoms with Gasteiger partial charge in [0.15, 0.2) is 16.8 Å². The minimum absolute atomic E-state index is 0.124. The Bertz CT molecular complexity index is 1310. The summed E-state index contributed by atoms with van der Waals surface area (Å²) in [5.41, 5.74) is 2.22. The van der Waals surface area contributed by atoms with E-state index in [1.54, 1.807) is 24.3 Å². The zero-order chi connectivity index (χ0) is 24.1. The molecule has 0 aliphatic rings. The van der Waals surface area contributed by atoms with Gasteiger partial charge in [-0.25, -0.2) is 0 Å². The Morgan fingerprint density at radius 2 is 1.82 bits per heavy atom. The molecular formula is C25H21Cl2N3O3S. The average molecular weight is 514 g/mol. The summed E-state index contributed by atoms with van der Waals surface area (Å²) in [6, 6.07) is 20.1. The largest absolute Gasteiger partial charge is 0.496 e. The Labute approximate surface area is 211 Å². The van der Waals surface area contributed by atoms with Crippen LogP contribution in [0.3, 0.4) is 0 Å². The van der Waals surface area contributed by atoms with Gasteiger partial charge in [0.25, 0.3) is 0 Å². The number of halogens is 2. The summed E-state index contributed by atoms with van der Waals surface area (Å²) in [5.74, 6) is 1.78. The van der Waals surface area contributed by atoms with E-state index in [-0.39, 0.29) is 18.1 Å². The molecule has 1 aromatic heterocycles. The number of methoxy groups -OCH3 is 1. The first kappa shape index (κ1) is 24.1. The summed E-state index contributed by atoms with van der Waals surface area (Å²) in [5, 5.41) is 10.4. The number of hydrogen-bond donors (Lipinski definition) is 0. The summed E-state index contributed by atoms with van der Waals surface area (Å²) in [7, 11) is 1.52. The van der Waals surface area contributed by atoms with Gasteiger partial charge in [0.05, 0.1) is 18.4 Å². The molecule has 0 aliphatic carbocycles. The summed E-state index contributed by atoms with van der Waals surface area (Å²) in [6.45, 7) is 2.11. The van der Waals surface area contributed by atoms with E-state index in [1.165, 1.54) is 18.9 Å². The highest BCUT2D eigenvalue weighted by Gasteiger charge is 2.19. The van der Waals surface area contributed by atoms with Crippen molar-refractivity contribution in [3.05, 3.63) is 93.7 Å². The number of aromatic nitrogens is 3. The predicted molar refractivity (Wildman–Crippen MR) is 135 cm³/mol. The maximum absolute atomic E-state index is 12.9. The lowest BCUT2D eigenvalue weighted by Gasteiger charge is -2.12. The van der Waals surface area contributed by atoms with Crippen LogP contribution in [-0.4, -0.2) is 33.4 Å². The fraction of sp³-hybridized carbons (Fsp3) is 0.160. The van der Waals surface area contributed by atoms with Crippen molar-refractivity contribution in [1.82, 2.24) is 14.8 Å². The van der Waals surface area contributed by atoms with Crippen LogP contribution < -0.4 is 9.47 Å². The second kappa shape index (κ2) is 11.0. The lowest BCUT2D eigenvalue weighted by Crippen LogP contribution is -2.09. The molecule has 0 amide bonds. The number of ketones is 1. The van der Waals surface area contributed by atoms with Crippen molar-refractivity contribution in [3.8, 4) is 17.2 Å². The molecule has 9 heteroatoms. The fourth-order valence-electron chi connectivity index (χ4n) is 3.28. The standard InChI is InChI=1S/C25H21Cl2N3O3S/c1-16-12-19(9-10-21(16)27)33-14-24-28-29-25(30(24)18-6-4-3-5-7-18)34-15-22(31)20-13-17(26)8-11-23(20)32-2/h3-13H,14-15H2,1-2H3. The van der Waals surface area contributed by atoms with Gasteiger partial charge in [-0.3, -0.25) is 9.36 Å². The molecule has 0 bridgehead atoms. The van der Waals surface area contributed by atoms with Crippen molar-refractivity contribution >= 4 is 40.7 Å². The highest BCUT2D eigenvalue weighted by Crippen LogP contribution is 2.28. The topological polar surface area (TPSA) is 66.2 Å². The number of Topliss-reactive ketones (excluding diaryl/α,β-unsaturated/α-hetero) is 1. The van der Waals surface area contributed by atoms with Gasteiger partial charge in [0, 0.05) is 15.7 Å². The maximum Gasteiger partial charge on any atom is 0.196 e. The first-order valence-electron chi connectivity index (χ1n) is 10.3. The van der Waals surface area contributed by atoms with E-state index in [1.807, 2.05) is 54.0 Å². The summed E-state index contributed by atoms with van der Waals surface area (Å²) >= 11 is 13.5. The van der Waals surface area contributed by atoms with Gasteiger partial charge in [0.2, 0.25) is 0 Å². The number of ether oxygens (including phenoxy) is 2. The van der Waals surface area contributed by atoms with Crippen LogP contribution in [-0.2, 0) is 6.61 Å². The lowest BCUT2D eigenvalue weighted by atomic mass is 10.1. The first-order chi connectivity index (χ1) is 16.5. The molecule has 0 unspecified atom stereocenters. The number of carbonyl (C=O) groups excluding carboxylic acids is 1. The molecule has 0 fully saturated rings. The summed E-state index contributed by atoms with van der Waals surface area (Å²) in [4.78, 5) is 12.9. The van der Waals surface area contributed by atoms with Crippen LogP contribution in [0.5, 0.6) is 11.5 Å². The molecule has 0 spiro atoms. The minimum Gasteiger partial charge on any atom is -0.496 e. The van der Waals surface area contributed by atoms with Gasteiger partial charge < -0.3 is 9.47 Å². The Morgan fingerprint density at radius 3 is 2.56 bits per heavy atom. The van der Waals surface area contributed by atoms with Crippen LogP contribution >= 0.6 is 35.0 Å². The van der Waals surface area contributed by atoms with Crippen LogP contribution in [0, 0.1) is 6.92 Å². The van der Waals surface area contributed by atoms with Crippen molar-refractivity contribution < 1.29 is 14.3 Å². The number of rotatable bonds is 9. The maximum atomic E-state index is 12.9. The van der Waals surface area contributed by atoms with E-state index >= 15 is 0 Å². The number of nitrogens with zero attached hydrogens (tertiary/aromatic N) is 3. The second-order valence-electron chi connectivity index (χ2n) is 7.33. The van der Waals surface area contributed by atoms with E-state index < -0.39 is 0 Å². The van der Waals surface area contributed by atoms with Crippen molar-refractivity contribution in [2.24, 2.45) is 0 Å². The number of hydrogen-bond acceptors (Lipinski definition) is 6. The zero-order valence-electron chi connectivity index (χ0n) is 18.5. The Kier molecular flexibility index (Phi) is 7.77. The third kappa shape index (κ3) is 5.55. The molecule has 6 nitrogen and oxygen atoms in total. The van der Waals surface area contributed by atoms with Crippen LogP contribution in [0.25, 0.3) is 5.69 Å². The quantitative estimate of drug-likeness (QED) is 0.189. The molecule has 0 atom stereocenters. The molecule has 0 aliphatic heterocycles. The third-order valence-electron chi connectivity index (χ3n) is 5.01. The average Bonchev–Trinajstić information content (AvgIpc) is 3.26. The molecule has 0 radical (unpaired) electrons. The molecule has 4 aromatic rings. The molecule has 174 valence electrons. The van der Waals surface area contributed by atoms with E-state index in [2.05, 4.69) is 10.2 Å². The number of benzene rings is 3. The predicted octanol–water partition coefficient (Wildman–Crippen LogP) is 6.45. The monoisotopic (exact) mass is 513 g/mol. The van der Waals surface area contributed by atoms with E-state index in [9.17, 15) is 4.79 Å². The van der Waals surface area contributed by atoms with Crippen molar-refractivity contribution in [2.45, 2.75) is 18.7 Å². The van der Waals surface area contributed by atoms with E-state index in [0.717, 1.165) is 11.3 Å². The summed E-state index contributed by atoms with van der Waals surface area (Å²) < 4.78 is 13.2. The van der Waals surface area contributed by atoms with Gasteiger partial charge >= 0.3 is 0 Å². The van der Waals surface area contributed by atoms with E-state index in [0.29, 0.717) is 38.1 Å². The van der Waals surface area contributed by atoms with Crippen LogP contribution in [0.15, 0.2) is 71.9 Å². The molecular weight excluding hydrogens is 493 g/mol. The highest BCUT2D eigenvalue weighted by molar-refractivity contribution is 7.99. The van der Waals surface area contributed by atoms with Crippen LogP contribution in [0.1, 0.15) is 21.7 Å². The number of aryl methyl sites for hydroxylation is 1. The smallest absolute Gasteiger partial charge is 0.196 e. The third-order valence-corrected chi connectivity index (χ3v) is 6.59. The second-order valence-corrected chi connectivity index (χ2v) is 9.11. The van der Waals surface area contributed by atoms with E-state index in [4.69, 9.17) is 32.7 Å². The molecule has 0 saturated heterocycles. The molecule has 0 N–H and O–H groups in total. The lowest BCUT2D eigenvalue weighted by molar-refractivity contribution is 0.101. The molecule has 34 heavy (non-hydrogen) atoms. The highest BCUT2D eigenvalue weighted by atomic mass is 35.5. The number of para-hydroxylation sites is 1. The summed E-state index contributed by atoms with van der Waals surface area (Å²) in [6.07, 6.45) is 0. The number of thioether (sulfide) groups is 1. The SMILES string of the molecule is COc1ccc(Cl)cc1C(=O)CSc1nnc(COc2ccc(Cl)c(C)c2)n1-c1ccccc1. The normalized spacial score (nSPS) is 10.8. The Hall–Kier alpha value is -3.00. The molecule has 0 saturated carbocycles. The molecule has 3 aromatic carbocycles. The minimum atomic E-state index is -0.124. The van der Waals surface area contributed by atoms with Crippen molar-refractivity contribution in [2.75, 3.05) is 12.9 Å². The first-order valence-corrected chi connectivity index (χ1v) is 12.1. The van der Waals surface area contributed by atoms with Gasteiger partial charge in [-0.05, 0) is 61.0 Å². The van der Waals surface area contributed by atoms with Gasteiger partial charge in [-0.2, -0.15) is 0 Å². The Morgan fingerprint density at radius 1 is 1.03 bits per heavy atom. The molecule has 4 rings (SSSR count). The fourth-order valence-corrected chi connectivity index (χ4v) is 4.43. The zero-order valence-corrected chi connectivity index (χ0v) is 20.8. The van der Waals surface area contributed by atoms with Gasteiger partial charge in [0.1, 0.15) is 18.1 Å². The Balaban J connectivity index is 1.57.